The van der Waals surface area contributed by atoms with E-state index in [-0.39, 0.29) is 19.0 Å². The predicted molar refractivity (Wildman–Crippen MR) is 140 cm³/mol. The number of carbonyl (C=O) groups is 2. The lowest BCUT2D eigenvalue weighted by molar-refractivity contribution is -0.141. The first-order valence-corrected chi connectivity index (χ1v) is 14.0. The molecular weight excluding hydrogens is 496 g/mol. The van der Waals surface area contributed by atoms with Crippen molar-refractivity contribution < 1.29 is 27.5 Å². The fourth-order valence-corrected chi connectivity index (χ4v) is 4.36. The number of amides is 2. The van der Waals surface area contributed by atoms with E-state index in [0.29, 0.717) is 37.6 Å². The molecule has 37 heavy (non-hydrogen) atoms. The molecule has 0 aliphatic carbocycles. The van der Waals surface area contributed by atoms with Crippen molar-refractivity contribution in [2.45, 2.75) is 12.6 Å². The number of likely N-dealkylation sites (N-methyl/N-ethyl adjacent to an activating group) is 1. The Morgan fingerprint density at radius 1 is 1.08 bits per heavy atom. The van der Waals surface area contributed by atoms with Gasteiger partial charge in [-0.05, 0) is 23.3 Å². The van der Waals surface area contributed by atoms with Crippen LogP contribution in [0.25, 0.3) is 0 Å². The Labute approximate surface area is 219 Å². The van der Waals surface area contributed by atoms with E-state index in [4.69, 9.17) is 9.47 Å². The third-order valence-electron chi connectivity index (χ3n) is 6.26. The van der Waals surface area contributed by atoms with Crippen molar-refractivity contribution >= 4 is 21.8 Å². The van der Waals surface area contributed by atoms with Gasteiger partial charge in [-0.25, -0.2) is 8.42 Å². The van der Waals surface area contributed by atoms with Gasteiger partial charge in [-0.15, -0.1) is 0 Å². The number of hydrogen-bond acceptors (Lipinski definition) is 7. The average Bonchev–Trinajstić information content (AvgIpc) is 2.89. The largest absolute Gasteiger partial charge is 0.497 e. The summed E-state index contributed by atoms with van der Waals surface area (Å²) in [4.78, 5) is 30.8. The Morgan fingerprint density at radius 2 is 1.73 bits per heavy atom. The molecule has 2 aromatic carbocycles. The van der Waals surface area contributed by atoms with Gasteiger partial charge in [0, 0.05) is 39.8 Å². The Morgan fingerprint density at radius 3 is 2.32 bits per heavy atom. The smallest absolute Gasteiger partial charge is 0.247 e. The number of methoxy groups -OCH3 is 1. The highest BCUT2D eigenvalue weighted by Crippen LogP contribution is 2.25. The van der Waals surface area contributed by atoms with Gasteiger partial charge < -0.3 is 19.7 Å². The van der Waals surface area contributed by atoms with Crippen molar-refractivity contribution in [2.24, 2.45) is 0 Å². The Kier molecular flexibility index (Phi) is 10.4. The molecular formula is C26H36N4O6S. The molecule has 2 aromatic rings. The SMILES string of the molecule is COc1ccc(CN(C(=O)CN(C)S(C)(=O)=O)[C@H](C(=O)NCCN2CCOCC2)c2ccccc2)cc1. The predicted octanol–water partition coefficient (Wildman–Crippen LogP) is 1.10. The summed E-state index contributed by atoms with van der Waals surface area (Å²) < 4.78 is 35.7. The lowest BCUT2D eigenvalue weighted by atomic mass is 10.0. The van der Waals surface area contributed by atoms with Crippen LogP contribution >= 0.6 is 0 Å². The minimum Gasteiger partial charge on any atom is -0.497 e. The number of rotatable bonds is 12. The molecule has 3 rings (SSSR count). The number of nitrogens with one attached hydrogen (secondary N) is 1. The van der Waals surface area contributed by atoms with Crippen LogP contribution in [0, 0.1) is 0 Å². The van der Waals surface area contributed by atoms with E-state index in [1.807, 2.05) is 30.3 Å². The molecule has 0 saturated carbocycles. The van der Waals surface area contributed by atoms with Crippen LogP contribution in [0.1, 0.15) is 17.2 Å². The van der Waals surface area contributed by atoms with E-state index in [0.717, 1.165) is 29.2 Å². The standard InChI is InChI=1S/C26H36N4O6S/c1-28(37(3,33)34)20-24(31)30(19-21-9-11-23(35-2)12-10-21)25(22-7-5-4-6-8-22)26(32)27-13-14-29-15-17-36-18-16-29/h4-12,25H,13-20H2,1-3H3,(H,27,32)/t25-/m0/s1. The van der Waals surface area contributed by atoms with E-state index in [9.17, 15) is 18.0 Å². The van der Waals surface area contributed by atoms with Crippen LogP contribution in [-0.4, -0.2) is 101 Å². The molecule has 1 aliphatic heterocycles. The van der Waals surface area contributed by atoms with Gasteiger partial charge in [0.2, 0.25) is 21.8 Å². The average molecular weight is 533 g/mol. The molecule has 1 fully saturated rings. The number of morpholine rings is 1. The number of ether oxygens (including phenoxy) is 2. The zero-order valence-corrected chi connectivity index (χ0v) is 22.4. The quantitative estimate of drug-likeness (QED) is 0.436. The van der Waals surface area contributed by atoms with Crippen LogP contribution in [-0.2, 0) is 30.9 Å². The van der Waals surface area contributed by atoms with Crippen LogP contribution < -0.4 is 10.1 Å². The highest BCUT2D eigenvalue weighted by molar-refractivity contribution is 7.88. The van der Waals surface area contributed by atoms with E-state index in [1.165, 1.54) is 11.9 Å². The molecule has 10 nitrogen and oxygen atoms in total. The summed E-state index contributed by atoms with van der Waals surface area (Å²) >= 11 is 0. The van der Waals surface area contributed by atoms with E-state index in [1.54, 1.807) is 31.4 Å². The Balaban J connectivity index is 1.88. The summed E-state index contributed by atoms with van der Waals surface area (Å²) in [6, 6.07) is 15.3. The first-order valence-electron chi connectivity index (χ1n) is 12.2. The highest BCUT2D eigenvalue weighted by atomic mass is 32.2. The number of hydrogen-bond donors (Lipinski definition) is 1. The first-order chi connectivity index (χ1) is 17.7. The number of sulfonamides is 1. The minimum atomic E-state index is -3.60. The topological polar surface area (TPSA) is 108 Å². The summed E-state index contributed by atoms with van der Waals surface area (Å²) in [6.45, 7) is 3.74. The zero-order chi connectivity index (χ0) is 26.8. The van der Waals surface area contributed by atoms with Gasteiger partial charge in [-0.1, -0.05) is 42.5 Å². The maximum Gasteiger partial charge on any atom is 0.247 e. The summed E-state index contributed by atoms with van der Waals surface area (Å²) in [7, 11) is -0.684. The fourth-order valence-electron chi connectivity index (χ4n) is 4.02. The summed E-state index contributed by atoms with van der Waals surface area (Å²) in [5.41, 5.74) is 1.41. The van der Waals surface area contributed by atoms with Crippen molar-refractivity contribution in [2.75, 3.05) is 66.4 Å². The third-order valence-corrected chi connectivity index (χ3v) is 7.52. The van der Waals surface area contributed by atoms with Crippen LogP contribution in [0.3, 0.4) is 0 Å². The maximum absolute atomic E-state index is 13.6. The molecule has 1 aliphatic rings. The van der Waals surface area contributed by atoms with Gasteiger partial charge in [-0.3, -0.25) is 14.5 Å². The Bertz CT molecular complexity index is 1120. The number of carbonyl (C=O) groups excluding carboxylic acids is 2. The molecule has 2 amide bonds. The number of nitrogens with zero attached hydrogens (tertiary/aromatic N) is 3. The first kappa shape index (κ1) is 28.6. The molecule has 1 saturated heterocycles. The lowest BCUT2D eigenvalue weighted by Gasteiger charge is -2.33. The molecule has 1 N–H and O–H groups in total. The molecule has 0 radical (unpaired) electrons. The molecule has 1 atom stereocenters. The lowest BCUT2D eigenvalue weighted by Crippen LogP contribution is -2.48. The molecule has 202 valence electrons. The van der Waals surface area contributed by atoms with E-state index in [2.05, 4.69) is 10.2 Å². The van der Waals surface area contributed by atoms with Crippen LogP contribution in [0.5, 0.6) is 5.75 Å². The highest BCUT2D eigenvalue weighted by Gasteiger charge is 2.33. The van der Waals surface area contributed by atoms with Crippen molar-refractivity contribution in [3.8, 4) is 5.75 Å². The third kappa shape index (κ3) is 8.53. The fraction of sp³-hybridized carbons (Fsp3) is 0.462. The second-order valence-electron chi connectivity index (χ2n) is 8.95. The maximum atomic E-state index is 13.6. The van der Waals surface area contributed by atoms with Crippen molar-refractivity contribution in [3.05, 3.63) is 65.7 Å². The normalized spacial score (nSPS) is 15.2. The van der Waals surface area contributed by atoms with Crippen molar-refractivity contribution in [3.63, 3.8) is 0 Å². The molecule has 11 heteroatoms. The summed E-state index contributed by atoms with van der Waals surface area (Å²) in [5, 5.41) is 2.98. The second kappa shape index (κ2) is 13.5. The van der Waals surface area contributed by atoms with Gasteiger partial charge in [0.1, 0.15) is 11.8 Å². The van der Waals surface area contributed by atoms with Crippen LogP contribution in [0.4, 0.5) is 0 Å². The minimum absolute atomic E-state index is 0.108. The van der Waals surface area contributed by atoms with Crippen molar-refractivity contribution in [1.29, 1.82) is 0 Å². The zero-order valence-electron chi connectivity index (χ0n) is 21.6. The van der Waals surface area contributed by atoms with Crippen molar-refractivity contribution in [1.82, 2.24) is 19.4 Å². The second-order valence-corrected chi connectivity index (χ2v) is 11.0. The van der Waals surface area contributed by atoms with Gasteiger partial charge >= 0.3 is 0 Å². The summed E-state index contributed by atoms with van der Waals surface area (Å²) in [6.07, 6.45) is 1.04. The molecule has 0 unspecified atom stereocenters. The van der Waals surface area contributed by atoms with Crippen LogP contribution in [0.2, 0.25) is 0 Å². The molecule has 0 spiro atoms. The van der Waals surface area contributed by atoms with E-state index < -0.39 is 22.0 Å². The monoisotopic (exact) mass is 532 g/mol. The van der Waals surface area contributed by atoms with Gasteiger partial charge in [0.05, 0.1) is 33.1 Å². The molecule has 0 bridgehead atoms. The van der Waals surface area contributed by atoms with Crippen LogP contribution in [0.15, 0.2) is 54.6 Å². The van der Waals surface area contributed by atoms with E-state index >= 15 is 0 Å². The van der Waals surface area contributed by atoms with Gasteiger partial charge in [-0.2, -0.15) is 4.31 Å². The number of benzene rings is 2. The molecule has 1 heterocycles. The summed E-state index contributed by atoms with van der Waals surface area (Å²) in [5.74, 6) is -0.150. The Hall–Kier alpha value is -2.99. The molecule has 0 aromatic heterocycles. The van der Waals surface area contributed by atoms with Gasteiger partial charge in [0.25, 0.3) is 0 Å². The van der Waals surface area contributed by atoms with Gasteiger partial charge in [0.15, 0.2) is 0 Å².